The zero-order valence-electron chi connectivity index (χ0n) is 22.7. The molecule has 2 aromatic carbocycles. The Bertz CT molecular complexity index is 1310. The quantitative estimate of drug-likeness (QED) is 0.0778. The van der Waals surface area contributed by atoms with Gasteiger partial charge in [0.05, 0.1) is 19.1 Å². The fourth-order valence-electron chi connectivity index (χ4n) is 4.00. The molecule has 11 heteroatoms. The van der Waals surface area contributed by atoms with Crippen LogP contribution in [0.25, 0.3) is 11.3 Å². The predicted molar refractivity (Wildman–Crippen MR) is 152 cm³/mol. The lowest BCUT2D eigenvalue weighted by Gasteiger charge is -2.23. The Kier molecular flexibility index (Phi) is 11.7. The topological polar surface area (TPSA) is 138 Å². The van der Waals surface area contributed by atoms with Gasteiger partial charge in [-0.3, -0.25) is 23.8 Å². The van der Waals surface area contributed by atoms with E-state index in [0.717, 1.165) is 29.9 Å². The fraction of sp³-hybridized carbons (Fsp3) is 0.345. The van der Waals surface area contributed by atoms with E-state index in [0.29, 0.717) is 24.2 Å². The van der Waals surface area contributed by atoms with Crippen molar-refractivity contribution in [3.05, 3.63) is 78.1 Å². The lowest BCUT2D eigenvalue weighted by atomic mass is 10.0. The smallest absolute Gasteiger partial charge is 0.288 e. The number of hydrogen-bond acceptors (Lipinski definition) is 6. The fourth-order valence-corrected chi connectivity index (χ4v) is 4.74. The van der Waals surface area contributed by atoms with E-state index in [-0.39, 0.29) is 36.8 Å². The minimum atomic E-state index is -3.44. The molecule has 214 valence electrons. The Morgan fingerprint density at radius 1 is 1.07 bits per heavy atom. The normalized spacial score (nSPS) is 13.2. The summed E-state index contributed by atoms with van der Waals surface area (Å²) in [6.45, 7) is 3.47. The molecule has 0 aliphatic rings. The predicted octanol–water partition coefficient (Wildman–Crippen LogP) is 4.06. The first kappa shape index (κ1) is 30.8. The third-order valence-electron chi connectivity index (χ3n) is 6.24. The van der Waals surface area contributed by atoms with Crippen LogP contribution in [-0.2, 0) is 25.6 Å². The van der Waals surface area contributed by atoms with E-state index in [1.807, 2.05) is 30.3 Å². The standard InChI is InChI=1S/C29H36N3O7P/c1-3-4-6-12-24(18-32(21-33)38-19-22-10-7-5-8-11-22)28(34)30-20-31-29(35)27-16-15-26(39-27)23-13-9-14-25(17-23)40(2,36)37/h5,7-11,13-17,21,24H,3-4,6,12,18-20H2,1-2H3,(H,30,34)(H,31,35)(H,36,37)/t24-/m1/s1. The van der Waals surface area contributed by atoms with Crippen molar-refractivity contribution in [3.8, 4) is 11.3 Å². The molecule has 0 saturated carbocycles. The second kappa shape index (κ2) is 15.2. The maximum Gasteiger partial charge on any atom is 0.288 e. The molecule has 0 aliphatic heterocycles. The van der Waals surface area contributed by atoms with Gasteiger partial charge in [0, 0.05) is 17.5 Å². The molecule has 0 saturated heterocycles. The first-order valence-electron chi connectivity index (χ1n) is 13.2. The number of benzene rings is 2. The van der Waals surface area contributed by atoms with Crippen molar-refractivity contribution in [2.45, 2.75) is 39.2 Å². The largest absolute Gasteiger partial charge is 0.451 e. The zero-order valence-corrected chi connectivity index (χ0v) is 23.6. The first-order chi connectivity index (χ1) is 19.2. The molecule has 1 aromatic heterocycles. The van der Waals surface area contributed by atoms with Crippen LogP contribution in [0, 0.1) is 5.92 Å². The Morgan fingerprint density at radius 3 is 2.55 bits per heavy atom. The van der Waals surface area contributed by atoms with E-state index in [1.54, 1.807) is 30.3 Å². The van der Waals surface area contributed by atoms with Crippen LogP contribution in [-0.4, -0.2) is 48.1 Å². The number of carbonyl (C=O) groups excluding carboxylic acids is 3. The average Bonchev–Trinajstić information content (AvgIpc) is 3.45. The summed E-state index contributed by atoms with van der Waals surface area (Å²) in [5, 5.41) is 6.72. The number of furan rings is 1. The highest BCUT2D eigenvalue weighted by molar-refractivity contribution is 7.65. The van der Waals surface area contributed by atoms with E-state index in [1.165, 1.54) is 12.7 Å². The van der Waals surface area contributed by atoms with Gasteiger partial charge in [0.1, 0.15) is 12.4 Å². The van der Waals surface area contributed by atoms with Crippen LogP contribution in [0.15, 0.2) is 71.1 Å². The van der Waals surface area contributed by atoms with Gasteiger partial charge in [0.15, 0.2) is 5.76 Å². The van der Waals surface area contributed by atoms with E-state index in [4.69, 9.17) is 9.25 Å². The minimum absolute atomic E-state index is 0.0271. The summed E-state index contributed by atoms with van der Waals surface area (Å²) in [6, 6.07) is 19.0. The maximum atomic E-state index is 13.0. The molecule has 2 atom stereocenters. The van der Waals surface area contributed by atoms with Gasteiger partial charge in [-0.15, -0.1) is 0 Å². The van der Waals surface area contributed by atoms with Crippen molar-refractivity contribution in [1.29, 1.82) is 0 Å². The van der Waals surface area contributed by atoms with E-state index in [2.05, 4.69) is 17.6 Å². The van der Waals surface area contributed by atoms with Crippen LogP contribution < -0.4 is 15.9 Å². The number of hydrogen-bond donors (Lipinski definition) is 3. The first-order valence-corrected chi connectivity index (χ1v) is 15.3. The number of hydroxylamine groups is 2. The summed E-state index contributed by atoms with van der Waals surface area (Å²) < 4.78 is 17.6. The van der Waals surface area contributed by atoms with Gasteiger partial charge in [-0.25, -0.2) is 5.06 Å². The number of nitrogens with one attached hydrogen (secondary N) is 2. The zero-order chi connectivity index (χ0) is 29.0. The number of unbranched alkanes of at least 4 members (excludes halogenated alkanes) is 2. The van der Waals surface area contributed by atoms with Gasteiger partial charge in [0.2, 0.25) is 19.7 Å². The molecule has 3 rings (SSSR count). The summed E-state index contributed by atoms with van der Waals surface area (Å²) in [6.07, 6.45) is 3.87. The molecule has 3 N–H and O–H groups in total. The van der Waals surface area contributed by atoms with Crippen LogP contribution >= 0.6 is 7.37 Å². The molecule has 1 heterocycles. The summed E-state index contributed by atoms with van der Waals surface area (Å²) in [4.78, 5) is 52.6. The number of rotatable bonds is 16. The third kappa shape index (κ3) is 9.48. The maximum absolute atomic E-state index is 13.0. The number of amides is 3. The van der Waals surface area contributed by atoms with Crippen molar-refractivity contribution in [1.82, 2.24) is 15.7 Å². The van der Waals surface area contributed by atoms with E-state index < -0.39 is 19.2 Å². The Balaban J connectivity index is 1.55. The highest BCUT2D eigenvalue weighted by Crippen LogP contribution is 2.35. The van der Waals surface area contributed by atoms with Crippen LogP contribution in [0.2, 0.25) is 0 Å². The van der Waals surface area contributed by atoms with Crippen molar-refractivity contribution in [3.63, 3.8) is 0 Å². The van der Waals surface area contributed by atoms with Gasteiger partial charge in [-0.1, -0.05) is 68.7 Å². The van der Waals surface area contributed by atoms with Gasteiger partial charge >= 0.3 is 0 Å². The van der Waals surface area contributed by atoms with Crippen molar-refractivity contribution in [2.24, 2.45) is 5.92 Å². The van der Waals surface area contributed by atoms with Gasteiger partial charge in [0.25, 0.3) is 5.91 Å². The molecular weight excluding hydrogens is 533 g/mol. The summed E-state index contributed by atoms with van der Waals surface area (Å²) in [5.41, 5.74) is 1.46. The molecule has 0 spiro atoms. The van der Waals surface area contributed by atoms with Gasteiger partial charge in [-0.05, 0) is 36.2 Å². The van der Waals surface area contributed by atoms with Gasteiger partial charge < -0.3 is 19.9 Å². The monoisotopic (exact) mass is 569 g/mol. The second-order valence-electron chi connectivity index (χ2n) is 9.47. The van der Waals surface area contributed by atoms with Crippen LogP contribution in [0.5, 0.6) is 0 Å². The SMILES string of the molecule is CCCCC[C@H](CN(C=O)OCc1ccccc1)C(=O)NCNC(=O)c1ccc(-c2cccc(P(C)(=O)O)c2)o1. The van der Waals surface area contributed by atoms with Crippen LogP contribution in [0.3, 0.4) is 0 Å². The Hall–Kier alpha value is -3.72. The molecule has 40 heavy (non-hydrogen) atoms. The molecule has 3 amide bonds. The molecule has 0 aliphatic carbocycles. The molecular formula is C29H36N3O7P. The highest BCUT2D eigenvalue weighted by atomic mass is 31.2. The third-order valence-corrected chi connectivity index (χ3v) is 7.47. The van der Waals surface area contributed by atoms with E-state index in [9.17, 15) is 23.8 Å². The Morgan fingerprint density at radius 2 is 1.85 bits per heavy atom. The molecule has 10 nitrogen and oxygen atoms in total. The average molecular weight is 570 g/mol. The van der Waals surface area contributed by atoms with E-state index >= 15 is 0 Å². The van der Waals surface area contributed by atoms with Crippen LogP contribution in [0.1, 0.15) is 48.7 Å². The summed E-state index contributed by atoms with van der Waals surface area (Å²) >= 11 is 0. The van der Waals surface area contributed by atoms with Crippen molar-refractivity contribution >= 4 is 30.9 Å². The number of carbonyl (C=O) groups is 3. The molecule has 0 radical (unpaired) electrons. The van der Waals surface area contributed by atoms with Crippen molar-refractivity contribution < 1.29 is 33.1 Å². The summed E-state index contributed by atoms with van der Waals surface area (Å²) in [7, 11) is -3.44. The summed E-state index contributed by atoms with van der Waals surface area (Å²) in [5.74, 6) is -0.969. The molecule has 3 aromatic rings. The number of nitrogens with zero attached hydrogens (tertiary/aromatic N) is 1. The lowest BCUT2D eigenvalue weighted by Crippen LogP contribution is -2.43. The molecule has 0 bridgehead atoms. The lowest BCUT2D eigenvalue weighted by molar-refractivity contribution is -0.182. The van der Waals surface area contributed by atoms with Gasteiger partial charge in [-0.2, -0.15) is 0 Å². The van der Waals surface area contributed by atoms with Crippen LogP contribution in [0.4, 0.5) is 0 Å². The minimum Gasteiger partial charge on any atom is -0.451 e. The highest BCUT2D eigenvalue weighted by Gasteiger charge is 2.22. The molecule has 1 unspecified atom stereocenters. The second-order valence-corrected chi connectivity index (χ2v) is 11.7. The molecule has 0 fully saturated rings. The van der Waals surface area contributed by atoms with Crippen molar-refractivity contribution in [2.75, 3.05) is 19.9 Å². The Labute approximate surface area is 234 Å².